The fraction of sp³-hybridized carbons (Fsp3) is 0.211. The Hall–Kier alpha value is -3.15. The second-order valence-electron chi connectivity index (χ2n) is 6.42. The average Bonchev–Trinajstić information content (AvgIpc) is 3.37. The van der Waals surface area contributed by atoms with Crippen LogP contribution in [0.4, 0.5) is 5.82 Å². The Morgan fingerprint density at radius 3 is 2.88 bits per heavy atom. The lowest BCUT2D eigenvalue weighted by molar-refractivity contribution is 0.900. The molecule has 6 heteroatoms. The molecule has 4 aromatic rings. The third-order valence-corrected chi connectivity index (χ3v) is 4.84. The van der Waals surface area contributed by atoms with Crippen molar-refractivity contribution < 1.29 is 0 Å². The summed E-state index contributed by atoms with van der Waals surface area (Å²) in [7, 11) is 1.79. The van der Waals surface area contributed by atoms with Crippen LogP contribution in [0.1, 0.15) is 24.3 Å². The number of aromatic nitrogens is 4. The normalized spacial score (nSPS) is 14.3. The Kier molecular flexibility index (Phi) is 2.94. The molecule has 6 nitrogen and oxygen atoms in total. The van der Waals surface area contributed by atoms with Crippen LogP contribution >= 0.6 is 0 Å². The molecule has 124 valence electrons. The topological polar surface area (TPSA) is 64.2 Å². The lowest BCUT2D eigenvalue weighted by atomic mass is 10.1. The minimum absolute atomic E-state index is 0.300. The molecule has 0 radical (unpaired) electrons. The minimum Gasteiger partial charge on any atom is -0.372 e. The van der Waals surface area contributed by atoms with Gasteiger partial charge < -0.3 is 5.32 Å². The number of anilines is 1. The highest BCUT2D eigenvalue weighted by Crippen LogP contribution is 2.41. The zero-order chi connectivity index (χ0) is 17.0. The SMILES string of the molecule is CNc1nc(=O)n(-c2cccc3nccn23)c2cc(C3CC3)ccc12. The second kappa shape index (κ2) is 5.17. The molecule has 0 unspecified atom stereocenters. The van der Waals surface area contributed by atoms with Crippen molar-refractivity contribution in [1.29, 1.82) is 0 Å². The number of nitrogens with zero attached hydrogens (tertiary/aromatic N) is 4. The van der Waals surface area contributed by atoms with E-state index >= 15 is 0 Å². The Bertz CT molecular complexity index is 1170. The first-order valence-electron chi connectivity index (χ1n) is 8.43. The first-order chi connectivity index (χ1) is 12.3. The summed E-state index contributed by atoms with van der Waals surface area (Å²) >= 11 is 0. The molecule has 1 aliphatic carbocycles. The van der Waals surface area contributed by atoms with Crippen molar-refractivity contribution in [3.63, 3.8) is 0 Å². The van der Waals surface area contributed by atoms with Crippen LogP contribution in [0.2, 0.25) is 0 Å². The lowest BCUT2D eigenvalue weighted by Gasteiger charge is -2.15. The highest BCUT2D eigenvalue weighted by molar-refractivity contribution is 5.90. The van der Waals surface area contributed by atoms with Crippen LogP contribution in [-0.4, -0.2) is 26.0 Å². The molecule has 5 rings (SSSR count). The van der Waals surface area contributed by atoms with Crippen molar-refractivity contribution >= 4 is 22.4 Å². The average molecular weight is 331 g/mol. The van der Waals surface area contributed by atoms with Gasteiger partial charge >= 0.3 is 5.69 Å². The first kappa shape index (κ1) is 14.2. The van der Waals surface area contributed by atoms with Crippen molar-refractivity contribution in [3.8, 4) is 5.82 Å². The predicted molar refractivity (Wildman–Crippen MR) is 97.6 cm³/mol. The molecule has 0 aliphatic heterocycles. The molecule has 0 spiro atoms. The Morgan fingerprint density at radius 2 is 2.08 bits per heavy atom. The van der Waals surface area contributed by atoms with Crippen LogP contribution in [-0.2, 0) is 0 Å². The van der Waals surface area contributed by atoms with Crippen LogP contribution < -0.4 is 11.0 Å². The van der Waals surface area contributed by atoms with E-state index in [4.69, 9.17) is 0 Å². The Morgan fingerprint density at radius 1 is 1.20 bits per heavy atom. The van der Waals surface area contributed by atoms with E-state index < -0.39 is 0 Å². The molecular formula is C19H17N5O. The third-order valence-electron chi connectivity index (χ3n) is 4.84. The summed E-state index contributed by atoms with van der Waals surface area (Å²) in [5, 5.41) is 3.98. The van der Waals surface area contributed by atoms with Gasteiger partial charge in [-0.15, -0.1) is 0 Å². The number of hydrogen-bond acceptors (Lipinski definition) is 4. The smallest absolute Gasteiger partial charge is 0.355 e. The number of hydrogen-bond donors (Lipinski definition) is 1. The largest absolute Gasteiger partial charge is 0.372 e. The number of pyridine rings is 1. The van der Waals surface area contributed by atoms with E-state index in [2.05, 4.69) is 33.5 Å². The second-order valence-corrected chi connectivity index (χ2v) is 6.42. The molecule has 0 saturated heterocycles. The van der Waals surface area contributed by atoms with Gasteiger partial charge in [-0.1, -0.05) is 12.1 Å². The summed E-state index contributed by atoms with van der Waals surface area (Å²) in [5.74, 6) is 1.97. The number of benzene rings is 1. The number of nitrogens with one attached hydrogen (secondary N) is 1. The molecule has 1 aromatic carbocycles. The molecule has 3 aromatic heterocycles. The highest BCUT2D eigenvalue weighted by atomic mass is 16.1. The Balaban J connectivity index is 1.91. The molecule has 0 amide bonds. The van der Waals surface area contributed by atoms with Gasteiger partial charge in [-0.25, -0.2) is 14.3 Å². The van der Waals surface area contributed by atoms with Gasteiger partial charge in [-0.3, -0.25) is 4.40 Å². The summed E-state index contributed by atoms with van der Waals surface area (Å²) < 4.78 is 3.59. The zero-order valence-electron chi connectivity index (χ0n) is 13.8. The van der Waals surface area contributed by atoms with Gasteiger partial charge in [0.1, 0.15) is 17.3 Å². The van der Waals surface area contributed by atoms with Gasteiger partial charge in [0.25, 0.3) is 0 Å². The molecule has 0 bridgehead atoms. The van der Waals surface area contributed by atoms with E-state index in [9.17, 15) is 4.79 Å². The standard InChI is InChI=1S/C19H17N5O/c1-20-18-14-8-7-13(12-5-6-12)11-15(14)24(19(25)22-18)17-4-2-3-16-21-9-10-23(16)17/h2-4,7-12H,5-6H2,1H3,(H,20,22,25). The molecule has 3 heterocycles. The van der Waals surface area contributed by atoms with Crippen molar-refractivity contribution in [2.45, 2.75) is 18.8 Å². The monoisotopic (exact) mass is 331 g/mol. The summed E-state index contributed by atoms with van der Waals surface area (Å²) in [6, 6.07) is 12.1. The number of rotatable bonds is 3. The molecular weight excluding hydrogens is 314 g/mol. The van der Waals surface area contributed by atoms with Gasteiger partial charge in [0.05, 0.1) is 5.52 Å². The van der Waals surface area contributed by atoms with Gasteiger partial charge in [-0.2, -0.15) is 4.98 Å². The molecule has 25 heavy (non-hydrogen) atoms. The van der Waals surface area contributed by atoms with Crippen molar-refractivity contribution in [2.75, 3.05) is 12.4 Å². The van der Waals surface area contributed by atoms with E-state index in [-0.39, 0.29) is 5.69 Å². The zero-order valence-corrected chi connectivity index (χ0v) is 13.8. The maximum atomic E-state index is 12.9. The minimum atomic E-state index is -0.300. The maximum absolute atomic E-state index is 12.9. The van der Waals surface area contributed by atoms with E-state index in [1.807, 2.05) is 28.8 Å². The van der Waals surface area contributed by atoms with Crippen molar-refractivity contribution in [2.24, 2.45) is 0 Å². The summed E-state index contributed by atoms with van der Waals surface area (Å²) in [5.41, 5.74) is 2.65. The molecule has 1 fully saturated rings. The summed E-state index contributed by atoms with van der Waals surface area (Å²) in [6.45, 7) is 0. The molecule has 1 N–H and O–H groups in total. The fourth-order valence-electron chi connectivity index (χ4n) is 3.44. The highest BCUT2D eigenvalue weighted by Gasteiger charge is 2.24. The van der Waals surface area contributed by atoms with Gasteiger partial charge in [0.15, 0.2) is 0 Å². The first-order valence-corrected chi connectivity index (χ1v) is 8.43. The third kappa shape index (κ3) is 2.14. The number of fused-ring (bicyclic) bond motifs is 2. The van der Waals surface area contributed by atoms with Crippen LogP contribution in [0.25, 0.3) is 22.4 Å². The van der Waals surface area contributed by atoms with E-state index in [0.29, 0.717) is 11.7 Å². The van der Waals surface area contributed by atoms with Gasteiger partial charge in [0, 0.05) is 24.8 Å². The van der Waals surface area contributed by atoms with E-state index in [1.54, 1.807) is 17.8 Å². The van der Waals surface area contributed by atoms with Crippen LogP contribution in [0.15, 0.2) is 53.6 Å². The van der Waals surface area contributed by atoms with Crippen LogP contribution in [0.3, 0.4) is 0 Å². The maximum Gasteiger partial charge on any atom is 0.355 e. The van der Waals surface area contributed by atoms with Gasteiger partial charge in [0.2, 0.25) is 0 Å². The molecule has 1 aliphatic rings. The van der Waals surface area contributed by atoms with Crippen LogP contribution in [0.5, 0.6) is 0 Å². The van der Waals surface area contributed by atoms with E-state index in [0.717, 1.165) is 22.4 Å². The lowest BCUT2D eigenvalue weighted by Crippen LogP contribution is -2.24. The van der Waals surface area contributed by atoms with Crippen molar-refractivity contribution in [3.05, 3.63) is 64.8 Å². The van der Waals surface area contributed by atoms with E-state index in [1.165, 1.54) is 18.4 Å². The van der Waals surface area contributed by atoms with Crippen LogP contribution in [0, 0.1) is 0 Å². The summed E-state index contributed by atoms with van der Waals surface area (Å²) in [4.78, 5) is 21.4. The number of imidazole rings is 1. The quantitative estimate of drug-likeness (QED) is 0.627. The van der Waals surface area contributed by atoms with Crippen molar-refractivity contribution in [1.82, 2.24) is 18.9 Å². The molecule has 1 saturated carbocycles. The Labute approximate surface area is 143 Å². The fourth-order valence-corrected chi connectivity index (χ4v) is 3.44. The van der Waals surface area contributed by atoms with Gasteiger partial charge in [-0.05, 0) is 48.6 Å². The molecule has 0 atom stereocenters. The predicted octanol–water partition coefficient (Wildman–Crippen LogP) is 2.95. The summed E-state index contributed by atoms with van der Waals surface area (Å²) in [6.07, 6.45) is 6.03.